The Balaban J connectivity index is 1.68. The Morgan fingerprint density at radius 3 is 2.65 bits per heavy atom. The molecule has 0 aliphatic heterocycles. The monoisotopic (exact) mass is 350 g/mol. The number of carbonyl (C=O) groups is 1. The highest BCUT2D eigenvalue weighted by Crippen LogP contribution is 2.22. The van der Waals surface area contributed by atoms with E-state index in [4.69, 9.17) is 4.74 Å². The molecular weight excluding hydrogens is 328 g/mol. The van der Waals surface area contributed by atoms with E-state index in [2.05, 4.69) is 10.1 Å². The largest absolute Gasteiger partial charge is 0.497 e. The van der Waals surface area contributed by atoms with Crippen LogP contribution in [0.2, 0.25) is 0 Å². The summed E-state index contributed by atoms with van der Waals surface area (Å²) >= 11 is 0. The first kappa shape index (κ1) is 17.7. The maximum atomic E-state index is 12.6. The molecule has 3 aromatic rings. The Morgan fingerprint density at radius 1 is 1.23 bits per heavy atom. The Bertz CT molecular complexity index is 860. The fraction of sp³-hybridized carbons (Fsp3) is 0.250. The molecule has 1 atom stereocenters. The molecule has 26 heavy (non-hydrogen) atoms. The number of nitrogens with zero attached hydrogens (tertiary/aromatic N) is 4. The lowest BCUT2D eigenvalue weighted by Gasteiger charge is -2.25. The zero-order valence-corrected chi connectivity index (χ0v) is 15.2. The van der Waals surface area contributed by atoms with Crippen LogP contribution >= 0.6 is 0 Å². The van der Waals surface area contributed by atoms with Crippen molar-refractivity contribution in [3.8, 4) is 11.4 Å². The predicted molar refractivity (Wildman–Crippen MR) is 99.2 cm³/mol. The third kappa shape index (κ3) is 3.91. The minimum Gasteiger partial charge on any atom is -0.497 e. The second-order valence-corrected chi connectivity index (χ2v) is 6.14. The Kier molecular flexibility index (Phi) is 5.31. The van der Waals surface area contributed by atoms with Gasteiger partial charge in [0.1, 0.15) is 18.4 Å². The zero-order chi connectivity index (χ0) is 18.5. The highest BCUT2D eigenvalue weighted by atomic mass is 16.5. The highest BCUT2D eigenvalue weighted by molar-refractivity contribution is 5.79. The van der Waals surface area contributed by atoms with Gasteiger partial charge in [-0.2, -0.15) is 5.10 Å². The van der Waals surface area contributed by atoms with Gasteiger partial charge in [0, 0.05) is 7.05 Å². The van der Waals surface area contributed by atoms with Crippen LogP contribution in [0.5, 0.6) is 5.75 Å². The van der Waals surface area contributed by atoms with E-state index in [0.717, 1.165) is 22.6 Å². The number of benzene rings is 2. The van der Waals surface area contributed by atoms with E-state index in [9.17, 15) is 4.79 Å². The molecule has 134 valence electrons. The Labute approximate surface area is 153 Å². The molecule has 0 N–H and O–H groups in total. The number of amides is 1. The van der Waals surface area contributed by atoms with Crippen LogP contribution in [0.4, 0.5) is 0 Å². The lowest BCUT2D eigenvalue weighted by Crippen LogP contribution is -2.31. The van der Waals surface area contributed by atoms with E-state index in [0.29, 0.717) is 6.42 Å². The summed E-state index contributed by atoms with van der Waals surface area (Å²) in [6.45, 7) is 2.02. The fourth-order valence-electron chi connectivity index (χ4n) is 2.77. The second-order valence-electron chi connectivity index (χ2n) is 6.14. The second kappa shape index (κ2) is 7.82. The predicted octanol–water partition coefficient (Wildman–Crippen LogP) is 3.04. The van der Waals surface area contributed by atoms with E-state index in [1.807, 2.05) is 62.5 Å². The van der Waals surface area contributed by atoms with Crippen LogP contribution in [0.25, 0.3) is 5.69 Å². The van der Waals surface area contributed by atoms with E-state index >= 15 is 0 Å². The van der Waals surface area contributed by atoms with Crippen molar-refractivity contribution in [2.24, 2.45) is 0 Å². The SMILES string of the molecule is COc1cccc(CC(=O)N(C)[C@H](C)c2ccc(-n3cncn3)cc2)c1. The van der Waals surface area contributed by atoms with Crippen LogP contribution in [0.3, 0.4) is 0 Å². The van der Waals surface area contributed by atoms with Crippen LogP contribution in [0.1, 0.15) is 24.1 Å². The van der Waals surface area contributed by atoms with Crippen LogP contribution in [0, 0.1) is 0 Å². The molecule has 1 aromatic heterocycles. The molecule has 1 heterocycles. The molecule has 0 unspecified atom stereocenters. The molecule has 0 saturated heterocycles. The van der Waals surface area contributed by atoms with Gasteiger partial charge in [0.15, 0.2) is 0 Å². The van der Waals surface area contributed by atoms with E-state index in [1.54, 1.807) is 23.0 Å². The molecule has 0 saturated carbocycles. The van der Waals surface area contributed by atoms with Gasteiger partial charge in [0.25, 0.3) is 0 Å². The van der Waals surface area contributed by atoms with Crippen LogP contribution in [-0.4, -0.2) is 39.7 Å². The van der Waals surface area contributed by atoms with Gasteiger partial charge in [-0.25, -0.2) is 9.67 Å². The molecule has 0 radical (unpaired) electrons. The molecule has 0 spiro atoms. The van der Waals surface area contributed by atoms with Crippen molar-refractivity contribution in [2.45, 2.75) is 19.4 Å². The van der Waals surface area contributed by atoms with Gasteiger partial charge in [-0.3, -0.25) is 4.79 Å². The molecule has 3 rings (SSSR count). The van der Waals surface area contributed by atoms with Crippen molar-refractivity contribution < 1.29 is 9.53 Å². The summed E-state index contributed by atoms with van der Waals surface area (Å²) < 4.78 is 6.92. The third-order valence-electron chi connectivity index (χ3n) is 4.52. The summed E-state index contributed by atoms with van der Waals surface area (Å²) in [6.07, 6.45) is 3.50. The number of aromatic nitrogens is 3. The maximum absolute atomic E-state index is 12.6. The van der Waals surface area contributed by atoms with Crippen molar-refractivity contribution in [1.82, 2.24) is 19.7 Å². The lowest BCUT2D eigenvalue weighted by atomic mass is 10.1. The smallest absolute Gasteiger partial charge is 0.227 e. The fourth-order valence-corrected chi connectivity index (χ4v) is 2.77. The normalized spacial score (nSPS) is 11.8. The van der Waals surface area contributed by atoms with Crippen LogP contribution < -0.4 is 4.74 Å². The molecule has 2 aromatic carbocycles. The van der Waals surface area contributed by atoms with Gasteiger partial charge in [-0.05, 0) is 42.3 Å². The number of methoxy groups -OCH3 is 1. The highest BCUT2D eigenvalue weighted by Gasteiger charge is 2.18. The Morgan fingerprint density at radius 2 is 2.00 bits per heavy atom. The van der Waals surface area contributed by atoms with E-state index in [1.165, 1.54) is 6.33 Å². The van der Waals surface area contributed by atoms with Crippen molar-refractivity contribution in [2.75, 3.05) is 14.2 Å². The van der Waals surface area contributed by atoms with E-state index in [-0.39, 0.29) is 11.9 Å². The van der Waals surface area contributed by atoms with E-state index < -0.39 is 0 Å². The first-order chi connectivity index (χ1) is 12.6. The molecule has 6 heteroatoms. The standard InChI is InChI=1S/C20H22N4O2/c1-15(17-7-9-18(10-8-17)24-14-21-13-22-24)23(2)20(25)12-16-5-4-6-19(11-16)26-3/h4-11,13-15H,12H2,1-3H3/t15-/m1/s1. The van der Waals surface area contributed by atoms with Crippen molar-refractivity contribution in [3.63, 3.8) is 0 Å². The molecule has 0 bridgehead atoms. The van der Waals surface area contributed by atoms with Gasteiger partial charge >= 0.3 is 0 Å². The number of ether oxygens (including phenoxy) is 1. The lowest BCUT2D eigenvalue weighted by molar-refractivity contribution is -0.131. The summed E-state index contributed by atoms with van der Waals surface area (Å²) in [4.78, 5) is 18.4. The average Bonchev–Trinajstić information content (AvgIpc) is 3.22. The molecule has 0 aliphatic carbocycles. The topological polar surface area (TPSA) is 60.2 Å². The molecule has 1 amide bonds. The van der Waals surface area contributed by atoms with Gasteiger partial charge in [-0.1, -0.05) is 24.3 Å². The van der Waals surface area contributed by atoms with Crippen molar-refractivity contribution >= 4 is 5.91 Å². The van der Waals surface area contributed by atoms with Gasteiger partial charge in [0.2, 0.25) is 5.91 Å². The summed E-state index contributed by atoms with van der Waals surface area (Å²) in [5, 5.41) is 4.12. The van der Waals surface area contributed by atoms with Gasteiger partial charge in [0.05, 0.1) is 25.3 Å². The zero-order valence-electron chi connectivity index (χ0n) is 15.2. The maximum Gasteiger partial charge on any atom is 0.227 e. The summed E-state index contributed by atoms with van der Waals surface area (Å²) in [5.74, 6) is 0.820. The minimum absolute atomic E-state index is 0.0297. The summed E-state index contributed by atoms with van der Waals surface area (Å²) in [6, 6.07) is 15.5. The summed E-state index contributed by atoms with van der Waals surface area (Å²) in [5.41, 5.74) is 2.94. The number of hydrogen-bond donors (Lipinski definition) is 0. The number of hydrogen-bond acceptors (Lipinski definition) is 4. The van der Waals surface area contributed by atoms with Crippen LogP contribution in [0.15, 0.2) is 61.2 Å². The molecule has 6 nitrogen and oxygen atoms in total. The van der Waals surface area contributed by atoms with Gasteiger partial charge in [-0.15, -0.1) is 0 Å². The van der Waals surface area contributed by atoms with Gasteiger partial charge < -0.3 is 9.64 Å². The average molecular weight is 350 g/mol. The first-order valence-corrected chi connectivity index (χ1v) is 8.42. The molecular formula is C20H22N4O2. The first-order valence-electron chi connectivity index (χ1n) is 8.42. The Hall–Kier alpha value is -3.15. The van der Waals surface area contributed by atoms with Crippen LogP contribution in [-0.2, 0) is 11.2 Å². The number of carbonyl (C=O) groups excluding carboxylic acids is 1. The summed E-state index contributed by atoms with van der Waals surface area (Å²) in [7, 11) is 3.45. The molecule has 0 fully saturated rings. The third-order valence-corrected chi connectivity index (χ3v) is 4.52. The minimum atomic E-state index is -0.0297. The quantitative estimate of drug-likeness (QED) is 0.686. The number of likely N-dealkylation sites (N-methyl/N-ethyl adjacent to an activating group) is 1. The van der Waals surface area contributed by atoms with Crippen molar-refractivity contribution in [1.29, 1.82) is 0 Å². The van der Waals surface area contributed by atoms with Crippen molar-refractivity contribution in [3.05, 3.63) is 72.3 Å². The molecule has 0 aliphatic rings. The number of rotatable bonds is 6.